The fraction of sp³-hybridized carbons (Fsp3) is 0.400. The predicted molar refractivity (Wildman–Crippen MR) is 111 cm³/mol. The van der Waals surface area contributed by atoms with Crippen molar-refractivity contribution in [3.63, 3.8) is 0 Å². The molecule has 0 saturated heterocycles. The van der Waals surface area contributed by atoms with E-state index in [1.165, 1.54) is 5.38 Å². The van der Waals surface area contributed by atoms with Gasteiger partial charge >= 0.3 is 12.4 Å². The van der Waals surface area contributed by atoms with Gasteiger partial charge in [0.2, 0.25) is 5.91 Å². The average Bonchev–Trinajstić information content (AvgIpc) is 3.38. The summed E-state index contributed by atoms with van der Waals surface area (Å²) in [4.78, 5) is 35.0. The number of alkyl halides is 6. The summed E-state index contributed by atoms with van der Waals surface area (Å²) in [5, 5.41) is 6.60. The summed E-state index contributed by atoms with van der Waals surface area (Å²) < 4.78 is 73.5. The second-order valence-corrected chi connectivity index (χ2v) is 8.29. The quantitative estimate of drug-likeness (QED) is 0.374. The summed E-state index contributed by atoms with van der Waals surface area (Å²) in [6, 6.07) is 4.99. The molecule has 3 rings (SSSR count). The van der Waals surface area contributed by atoms with Gasteiger partial charge in [-0.1, -0.05) is 6.07 Å². The number of benzene rings is 1. The highest BCUT2D eigenvalue weighted by Crippen LogP contribution is 2.23. The molecule has 0 aliphatic carbocycles. The van der Waals surface area contributed by atoms with Crippen LogP contribution < -0.4 is 10.6 Å². The van der Waals surface area contributed by atoms with E-state index in [0.29, 0.717) is 22.4 Å². The molecule has 0 radical (unpaired) electrons. The first-order valence-electron chi connectivity index (χ1n) is 9.98. The number of halogens is 6. The van der Waals surface area contributed by atoms with Gasteiger partial charge in [0.1, 0.15) is 11.5 Å². The van der Waals surface area contributed by atoms with Crippen LogP contribution in [-0.2, 0) is 24.3 Å². The number of thiazole rings is 1. The fourth-order valence-corrected chi connectivity index (χ4v) is 3.66. The fourth-order valence-electron chi connectivity index (χ4n) is 2.88. The molecule has 0 unspecified atom stereocenters. The number of carbonyl (C=O) groups excluding carboxylic acids is 2. The molecular weight excluding hydrogens is 488 g/mol. The van der Waals surface area contributed by atoms with E-state index in [4.69, 9.17) is 0 Å². The highest BCUT2D eigenvalue weighted by Gasteiger charge is 2.28. The molecule has 0 fully saturated rings. The molecule has 0 atom stereocenters. The maximum absolute atomic E-state index is 12.3. The summed E-state index contributed by atoms with van der Waals surface area (Å²) in [6.07, 6.45) is -11.8. The summed E-state index contributed by atoms with van der Waals surface area (Å²) in [6.45, 7) is 0.0463. The number of nitrogens with one attached hydrogen (secondary N) is 3. The molecule has 2 aromatic heterocycles. The first-order valence-corrected chi connectivity index (χ1v) is 10.9. The molecule has 0 bridgehead atoms. The number of aryl methyl sites for hydroxylation is 1. The Morgan fingerprint density at radius 2 is 1.71 bits per heavy atom. The highest BCUT2D eigenvalue weighted by atomic mass is 32.1. The Balaban J connectivity index is 1.51. The molecule has 34 heavy (non-hydrogen) atoms. The van der Waals surface area contributed by atoms with Gasteiger partial charge < -0.3 is 15.6 Å². The van der Waals surface area contributed by atoms with Crippen molar-refractivity contribution in [3.05, 3.63) is 45.7 Å². The van der Waals surface area contributed by atoms with Crippen LogP contribution in [0.5, 0.6) is 0 Å². The lowest BCUT2D eigenvalue weighted by atomic mass is 10.2. The van der Waals surface area contributed by atoms with Crippen LogP contribution >= 0.6 is 11.3 Å². The summed E-state index contributed by atoms with van der Waals surface area (Å²) in [7, 11) is 0. The largest absolute Gasteiger partial charge is 0.389 e. The number of amides is 2. The lowest BCUT2D eigenvalue weighted by Crippen LogP contribution is -2.24. The Morgan fingerprint density at radius 1 is 0.971 bits per heavy atom. The molecule has 184 valence electrons. The number of fused-ring (bicyclic) bond motifs is 1. The zero-order chi connectivity index (χ0) is 24.9. The number of hydrogen-bond donors (Lipinski definition) is 3. The van der Waals surface area contributed by atoms with Crippen LogP contribution in [-0.4, -0.2) is 39.1 Å². The zero-order valence-electron chi connectivity index (χ0n) is 17.4. The third-order valence-corrected chi connectivity index (χ3v) is 5.45. The van der Waals surface area contributed by atoms with Crippen LogP contribution in [0.2, 0.25) is 0 Å². The number of imidazole rings is 1. The summed E-state index contributed by atoms with van der Waals surface area (Å²) in [5.74, 6) is -0.867. The topological polar surface area (TPSA) is 99.8 Å². The van der Waals surface area contributed by atoms with Gasteiger partial charge in [-0.3, -0.25) is 9.59 Å². The van der Waals surface area contributed by atoms with Gasteiger partial charge in [0.15, 0.2) is 0 Å². The second kappa shape index (κ2) is 10.4. The van der Waals surface area contributed by atoms with E-state index in [1.807, 2.05) is 0 Å². The van der Waals surface area contributed by atoms with Crippen LogP contribution in [0.1, 0.15) is 46.1 Å². The van der Waals surface area contributed by atoms with Gasteiger partial charge in [0, 0.05) is 31.2 Å². The SMILES string of the molecule is O=C(CCC(F)(F)F)NCc1ccc2nc(CNC(=O)c3csc(CCC(F)(F)F)n3)[nH]c2c1. The number of H-pyrrole nitrogens is 1. The van der Waals surface area contributed by atoms with Gasteiger partial charge in [0.05, 0.1) is 29.0 Å². The van der Waals surface area contributed by atoms with Gasteiger partial charge in [-0.15, -0.1) is 11.3 Å². The van der Waals surface area contributed by atoms with Gasteiger partial charge in [-0.25, -0.2) is 9.97 Å². The highest BCUT2D eigenvalue weighted by molar-refractivity contribution is 7.09. The third kappa shape index (κ3) is 8.01. The van der Waals surface area contributed by atoms with Crippen molar-refractivity contribution in [3.8, 4) is 0 Å². The van der Waals surface area contributed by atoms with Crippen LogP contribution in [0.4, 0.5) is 26.3 Å². The molecule has 3 N–H and O–H groups in total. The predicted octanol–water partition coefficient (Wildman–Crippen LogP) is 4.40. The summed E-state index contributed by atoms with van der Waals surface area (Å²) in [5.41, 5.74) is 1.82. The monoisotopic (exact) mass is 507 g/mol. The zero-order valence-corrected chi connectivity index (χ0v) is 18.3. The van der Waals surface area contributed by atoms with Crippen LogP contribution in [0.15, 0.2) is 23.6 Å². The van der Waals surface area contributed by atoms with Crippen molar-refractivity contribution in [1.82, 2.24) is 25.6 Å². The standard InChI is InChI=1S/C20H19F6N5O2S/c21-19(22,23)5-3-16(32)27-8-11-1-2-12-13(7-11)30-15(29-12)9-28-18(33)14-10-34-17(31-14)4-6-20(24,25)26/h1-2,7,10H,3-6,8-9H2,(H,27,32)(H,28,33)(H,29,30). The maximum atomic E-state index is 12.3. The first kappa shape index (κ1) is 25.5. The Morgan fingerprint density at radius 3 is 2.41 bits per heavy atom. The Labute approximate surface area is 193 Å². The van der Waals surface area contributed by atoms with Crippen molar-refractivity contribution in [2.24, 2.45) is 0 Å². The molecule has 0 aliphatic rings. The van der Waals surface area contributed by atoms with Crippen molar-refractivity contribution < 1.29 is 35.9 Å². The Bertz CT molecular complexity index is 1150. The smallest absolute Gasteiger partial charge is 0.352 e. The van der Waals surface area contributed by atoms with Crippen molar-refractivity contribution in [2.45, 2.75) is 51.1 Å². The van der Waals surface area contributed by atoms with E-state index >= 15 is 0 Å². The van der Waals surface area contributed by atoms with E-state index in [2.05, 4.69) is 25.6 Å². The molecule has 7 nitrogen and oxygen atoms in total. The average molecular weight is 507 g/mol. The number of carbonyl (C=O) groups is 2. The minimum absolute atomic E-state index is 0.00638. The van der Waals surface area contributed by atoms with Crippen LogP contribution in [0, 0.1) is 0 Å². The molecule has 0 aliphatic heterocycles. The lowest BCUT2D eigenvalue weighted by molar-refractivity contribution is -0.144. The molecule has 2 heterocycles. The van der Waals surface area contributed by atoms with Gasteiger partial charge in [0.25, 0.3) is 5.91 Å². The van der Waals surface area contributed by atoms with Crippen molar-refractivity contribution in [2.75, 3.05) is 0 Å². The van der Waals surface area contributed by atoms with Gasteiger partial charge in [-0.2, -0.15) is 26.3 Å². The Hall–Kier alpha value is -3.16. The maximum Gasteiger partial charge on any atom is 0.389 e. The van der Waals surface area contributed by atoms with Crippen molar-refractivity contribution in [1.29, 1.82) is 0 Å². The van der Waals surface area contributed by atoms with E-state index in [-0.39, 0.29) is 30.2 Å². The Kier molecular flexibility index (Phi) is 7.79. The normalized spacial score (nSPS) is 12.2. The summed E-state index contributed by atoms with van der Waals surface area (Å²) >= 11 is 0.975. The van der Waals surface area contributed by atoms with Crippen molar-refractivity contribution >= 4 is 34.2 Å². The molecule has 14 heteroatoms. The minimum atomic E-state index is -4.40. The second-order valence-electron chi connectivity index (χ2n) is 7.35. The molecule has 0 spiro atoms. The molecule has 2 amide bonds. The van der Waals surface area contributed by atoms with Crippen LogP contribution in [0.3, 0.4) is 0 Å². The van der Waals surface area contributed by atoms with E-state index in [0.717, 1.165) is 11.3 Å². The van der Waals surface area contributed by atoms with E-state index < -0.39 is 43.4 Å². The first-order chi connectivity index (χ1) is 15.9. The van der Waals surface area contributed by atoms with Gasteiger partial charge in [-0.05, 0) is 17.7 Å². The third-order valence-electron chi connectivity index (χ3n) is 4.54. The molecular formula is C20H19F6N5O2S. The van der Waals surface area contributed by atoms with Crippen LogP contribution in [0.25, 0.3) is 11.0 Å². The lowest BCUT2D eigenvalue weighted by Gasteiger charge is -2.07. The van der Waals surface area contributed by atoms with E-state index in [9.17, 15) is 35.9 Å². The number of rotatable bonds is 9. The number of aromatic nitrogens is 3. The minimum Gasteiger partial charge on any atom is -0.352 e. The number of nitrogens with zero attached hydrogens (tertiary/aromatic N) is 2. The molecule has 0 saturated carbocycles. The van der Waals surface area contributed by atoms with E-state index in [1.54, 1.807) is 18.2 Å². The molecule has 3 aromatic rings. The number of hydrogen-bond acceptors (Lipinski definition) is 5. The molecule has 1 aromatic carbocycles. The number of aromatic amines is 1.